The summed E-state index contributed by atoms with van der Waals surface area (Å²) in [4.78, 5) is 22.7. The largest absolute Gasteiger partial charge is 0.473 e. The number of fused-ring (bicyclic) bond motifs is 4. The Hall–Kier alpha value is -3.49. The summed E-state index contributed by atoms with van der Waals surface area (Å²) in [6.45, 7) is 4.07. The number of anilines is 1. The van der Waals surface area contributed by atoms with E-state index in [1.165, 1.54) is 12.3 Å². The molecule has 4 heterocycles. The third-order valence-electron chi connectivity index (χ3n) is 5.78. The Labute approximate surface area is 183 Å². The molecular weight excluding hydrogens is 418 g/mol. The zero-order valence-corrected chi connectivity index (χ0v) is 17.6. The fourth-order valence-corrected chi connectivity index (χ4v) is 4.31. The normalized spacial score (nSPS) is 17.1. The van der Waals surface area contributed by atoms with Crippen LogP contribution in [0.4, 0.5) is 14.6 Å². The van der Waals surface area contributed by atoms with Crippen molar-refractivity contribution >= 4 is 5.82 Å². The molecule has 0 spiro atoms. The molecule has 0 radical (unpaired) electrons. The maximum Gasteiger partial charge on any atom is 0.352 e. The van der Waals surface area contributed by atoms with Crippen LogP contribution in [0.5, 0.6) is 17.4 Å². The van der Waals surface area contributed by atoms with Crippen molar-refractivity contribution in [3.05, 3.63) is 69.9 Å². The number of piperidine rings is 1. The lowest BCUT2D eigenvalue weighted by Gasteiger charge is -2.40. The molecule has 1 aromatic carbocycles. The van der Waals surface area contributed by atoms with Crippen LogP contribution in [0.1, 0.15) is 24.1 Å². The number of hydrogen-bond acceptors (Lipinski definition) is 6. The van der Waals surface area contributed by atoms with Crippen LogP contribution in [0.2, 0.25) is 0 Å². The third kappa shape index (κ3) is 4.02. The Morgan fingerprint density at radius 1 is 1.16 bits per heavy atom. The monoisotopic (exact) mass is 440 g/mol. The van der Waals surface area contributed by atoms with Crippen molar-refractivity contribution in [3.8, 4) is 17.4 Å². The number of benzene rings is 1. The van der Waals surface area contributed by atoms with E-state index in [4.69, 9.17) is 9.47 Å². The third-order valence-corrected chi connectivity index (χ3v) is 5.78. The number of aromatic nitrogens is 3. The Morgan fingerprint density at radius 3 is 2.75 bits per heavy atom. The van der Waals surface area contributed by atoms with Gasteiger partial charge in [-0.2, -0.15) is 4.98 Å². The van der Waals surface area contributed by atoms with Crippen LogP contribution in [0.25, 0.3) is 0 Å². The molecule has 2 aromatic heterocycles. The zero-order valence-electron chi connectivity index (χ0n) is 17.6. The van der Waals surface area contributed by atoms with E-state index >= 15 is 0 Å². The highest BCUT2D eigenvalue weighted by Gasteiger charge is 2.29. The summed E-state index contributed by atoms with van der Waals surface area (Å²) >= 11 is 0. The van der Waals surface area contributed by atoms with Crippen LogP contribution < -0.4 is 20.1 Å². The Morgan fingerprint density at radius 2 is 1.97 bits per heavy atom. The fourth-order valence-electron chi connectivity index (χ4n) is 4.31. The molecule has 7 nitrogen and oxygen atoms in total. The zero-order chi connectivity index (χ0) is 22.2. The number of halogens is 2. The van der Waals surface area contributed by atoms with E-state index in [1.54, 1.807) is 23.6 Å². The maximum atomic E-state index is 14.5. The highest BCUT2D eigenvalue weighted by atomic mass is 19.1. The van der Waals surface area contributed by atoms with Gasteiger partial charge in [0.15, 0.2) is 17.4 Å². The summed E-state index contributed by atoms with van der Waals surface area (Å²) in [5.74, 6) is -0.525. The van der Waals surface area contributed by atoms with Crippen molar-refractivity contribution in [1.29, 1.82) is 0 Å². The molecule has 2 aliphatic rings. The minimum absolute atomic E-state index is 0.138. The standard InChI is InChI=1S/C23H22F2N4O3/c1-14-7-17(4-5-26-14)32-22-18(24)8-16(9-19(22)25)13-31-20-10-21-28-6-2-3-15(11-28)12-29(21)23(30)27-20/h4-5,7-10,15H,2-3,6,11-13H2,1H3/t15-/m0/s1. The van der Waals surface area contributed by atoms with Crippen molar-refractivity contribution in [2.24, 2.45) is 5.92 Å². The van der Waals surface area contributed by atoms with Crippen LogP contribution in [-0.4, -0.2) is 27.6 Å². The average molecular weight is 440 g/mol. The quantitative estimate of drug-likeness (QED) is 0.601. The average Bonchev–Trinajstić information content (AvgIpc) is 2.76. The van der Waals surface area contributed by atoms with Gasteiger partial charge in [0, 0.05) is 43.7 Å². The molecule has 5 rings (SSSR count). The van der Waals surface area contributed by atoms with Crippen LogP contribution in [0.15, 0.2) is 41.3 Å². The number of hydrogen-bond donors (Lipinski definition) is 0. The van der Waals surface area contributed by atoms with E-state index in [2.05, 4.69) is 14.9 Å². The number of pyridine rings is 1. The molecule has 2 aliphatic heterocycles. The van der Waals surface area contributed by atoms with Gasteiger partial charge in [0.1, 0.15) is 18.2 Å². The van der Waals surface area contributed by atoms with E-state index in [-0.39, 0.29) is 29.5 Å². The molecule has 1 fully saturated rings. The lowest BCUT2D eigenvalue weighted by atomic mass is 9.96. The van der Waals surface area contributed by atoms with Crippen LogP contribution >= 0.6 is 0 Å². The predicted octanol–water partition coefficient (Wildman–Crippen LogP) is 3.83. The van der Waals surface area contributed by atoms with Crippen molar-refractivity contribution in [2.75, 3.05) is 18.0 Å². The lowest BCUT2D eigenvalue weighted by Crippen LogP contribution is -2.46. The summed E-state index contributed by atoms with van der Waals surface area (Å²) < 4.78 is 41.7. The van der Waals surface area contributed by atoms with E-state index in [0.29, 0.717) is 18.2 Å². The maximum absolute atomic E-state index is 14.5. The number of ether oxygens (including phenoxy) is 2. The van der Waals surface area contributed by atoms with Gasteiger partial charge >= 0.3 is 5.69 Å². The second-order valence-corrected chi connectivity index (χ2v) is 8.21. The van der Waals surface area contributed by atoms with E-state index in [9.17, 15) is 13.6 Å². The molecular formula is C23H22F2N4O3. The predicted molar refractivity (Wildman–Crippen MR) is 113 cm³/mol. The van der Waals surface area contributed by atoms with Crippen LogP contribution in [0.3, 0.4) is 0 Å². The van der Waals surface area contributed by atoms with Gasteiger partial charge in [-0.05, 0) is 49.4 Å². The highest BCUT2D eigenvalue weighted by Crippen LogP contribution is 2.31. The molecule has 0 N–H and O–H groups in total. The van der Waals surface area contributed by atoms with E-state index in [0.717, 1.165) is 43.9 Å². The van der Waals surface area contributed by atoms with Crippen LogP contribution in [0, 0.1) is 24.5 Å². The van der Waals surface area contributed by atoms with Gasteiger partial charge in [-0.15, -0.1) is 0 Å². The number of rotatable bonds is 5. The highest BCUT2D eigenvalue weighted by molar-refractivity contribution is 5.44. The first-order valence-electron chi connectivity index (χ1n) is 10.5. The Kier molecular flexibility index (Phi) is 5.24. The Balaban J connectivity index is 1.33. The minimum Gasteiger partial charge on any atom is -0.473 e. The molecule has 1 atom stereocenters. The first-order chi connectivity index (χ1) is 15.5. The molecule has 166 valence electrons. The van der Waals surface area contributed by atoms with Crippen molar-refractivity contribution in [3.63, 3.8) is 0 Å². The van der Waals surface area contributed by atoms with Gasteiger partial charge in [0.25, 0.3) is 0 Å². The molecule has 9 heteroatoms. The van der Waals surface area contributed by atoms with Crippen LogP contribution in [-0.2, 0) is 13.2 Å². The smallest absolute Gasteiger partial charge is 0.352 e. The van der Waals surface area contributed by atoms with Gasteiger partial charge in [-0.1, -0.05) is 0 Å². The molecule has 0 saturated carbocycles. The fraction of sp³-hybridized carbons (Fsp3) is 0.348. The van der Waals surface area contributed by atoms with E-state index < -0.39 is 17.4 Å². The summed E-state index contributed by atoms with van der Waals surface area (Å²) in [5, 5.41) is 0. The molecule has 32 heavy (non-hydrogen) atoms. The second kappa shape index (κ2) is 8.22. The minimum atomic E-state index is -0.851. The first kappa shape index (κ1) is 20.4. The second-order valence-electron chi connectivity index (χ2n) is 8.21. The molecule has 0 amide bonds. The van der Waals surface area contributed by atoms with Gasteiger partial charge in [0.05, 0.1) is 0 Å². The molecule has 3 aromatic rings. The molecule has 0 unspecified atom stereocenters. The number of aryl methyl sites for hydroxylation is 1. The SMILES string of the molecule is Cc1cc(Oc2c(F)cc(COc3cc4n(c(=O)n3)C[C@H]3CCCN4C3)cc2F)ccn1. The Bertz CT molecular complexity index is 1210. The first-order valence-corrected chi connectivity index (χ1v) is 10.5. The number of nitrogens with zero attached hydrogens (tertiary/aromatic N) is 4. The molecule has 2 bridgehead atoms. The van der Waals surface area contributed by atoms with Crippen molar-refractivity contribution in [1.82, 2.24) is 14.5 Å². The van der Waals surface area contributed by atoms with E-state index in [1.807, 2.05) is 0 Å². The van der Waals surface area contributed by atoms with Gasteiger partial charge in [-0.3, -0.25) is 9.55 Å². The van der Waals surface area contributed by atoms with Crippen molar-refractivity contribution < 1.29 is 18.3 Å². The summed E-state index contributed by atoms with van der Waals surface area (Å²) in [7, 11) is 0. The summed E-state index contributed by atoms with van der Waals surface area (Å²) in [6.07, 6.45) is 3.70. The molecule has 1 saturated heterocycles. The summed E-state index contributed by atoms with van der Waals surface area (Å²) in [6, 6.07) is 7.12. The lowest BCUT2D eigenvalue weighted by molar-refractivity contribution is 0.281. The topological polar surface area (TPSA) is 69.5 Å². The van der Waals surface area contributed by atoms with Gasteiger partial charge < -0.3 is 14.4 Å². The molecule has 0 aliphatic carbocycles. The summed E-state index contributed by atoms with van der Waals surface area (Å²) in [5.41, 5.74) is 0.556. The van der Waals surface area contributed by atoms with Gasteiger partial charge in [-0.25, -0.2) is 13.6 Å². The van der Waals surface area contributed by atoms with Gasteiger partial charge in [0.2, 0.25) is 5.88 Å². The van der Waals surface area contributed by atoms with Crippen molar-refractivity contribution in [2.45, 2.75) is 32.9 Å².